The molecule has 0 bridgehead atoms. The van der Waals surface area contributed by atoms with Gasteiger partial charge in [0.25, 0.3) is 0 Å². The Morgan fingerprint density at radius 3 is 1.64 bits per heavy atom. The van der Waals surface area contributed by atoms with Crippen LogP contribution < -0.4 is 0 Å². The molecule has 0 aromatic rings. The van der Waals surface area contributed by atoms with Gasteiger partial charge in [-0.15, -0.1) is 0 Å². The highest BCUT2D eigenvalue weighted by Gasteiger charge is 2.22. The molecule has 0 rings (SSSR count). The van der Waals surface area contributed by atoms with E-state index in [-0.39, 0.29) is 19.4 Å². The maximum Gasteiger partial charge on any atom is 0.469 e. The highest BCUT2D eigenvalue weighted by Crippen LogP contribution is 2.35. The first-order chi connectivity index (χ1) is 25.7. The standard InChI is InChI=1S/C43H65O9P/c1-3-5-7-9-11-13-15-17-18-20-22-24-26-28-32-36-42(45)50-38-41(39-51-53(47,48)49)52-43(46)37-33-29-31-35-40(44)34-30-27-25-23-21-19-16-14-12-10-8-6-4-2/h5-8,11-14,17-19,21-22,24-25,27,29-31,34,40-41,44H,3-4,9-10,15-16,20,23,26,28,32-33,35-39H2,1-2H3,(H2,47,48,49)/b7-5-,8-6-,13-11-,14-12-,18-17-,21-19-,24-22-,27-25-,31-29-,34-30-/t40?,41-/m1/s1. The van der Waals surface area contributed by atoms with E-state index in [9.17, 15) is 19.3 Å². The first-order valence-corrected chi connectivity index (χ1v) is 20.5. The van der Waals surface area contributed by atoms with Crippen molar-refractivity contribution in [2.75, 3.05) is 13.2 Å². The number of unbranched alkanes of at least 4 members (excludes halogenated alkanes) is 2. The van der Waals surface area contributed by atoms with Crippen molar-refractivity contribution in [1.29, 1.82) is 0 Å². The van der Waals surface area contributed by atoms with E-state index < -0.39 is 38.6 Å². The minimum Gasteiger partial charge on any atom is -0.462 e. The van der Waals surface area contributed by atoms with E-state index in [1.165, 1.54) is 0 Å². The largest absolute Gasteiger partial charge is 0.469 e. The van der Waals surface area contributed by atoms with Crippen LogP contribution in [0.3, 0.4) is 0 Å². The zero-order valence-electron chi connectivity index (χ0n) is 32.0. The minimum absolute atomic E-state index is 0.0119. The van der Waals surface area contributed by atoms with Gasteiger partial charge in [-0.25, -0.2) is 4.57 Å². The van der Waals surface area contributed by atoms with Gasteiger partial charge in [-0.1, -0.05) is 135 Å². The Labute approximate surface area is 319 Å². The number of esters is 2. The van der Waals surface area contributed by atoms with E-state index in [2.05, 4.69) is 103 Å². The predicted octanol–water partition coefficient (Wildman–Crippen LogP) is 10.4. The molecule has 9 nitrogen and oxygen atoms in total. The topological polar surface area (TPSA) is 140 Å². The lowest BCUT2D eigenvalue weighted by Crippen LogP contribution is -2.29. The number of phosphoric ester groups is 1. The fraction of sp³-hybridized carbons (Fsp3) is 0.488. The molecule has 0 spiro atoms. The van der Waals surface area contributed by atoms with E-state index in [4.69, 9.17) is 19.3 Å². The lowest BCUT2D eigenvalue weighted by atomic mass is 10.2. The van der Waals surface area contributed by atoms with Crippen LogP contribution >= 0.6 is 7.82 Å². The van der Waals surface area contributed by atoms with E-state index in [0.717, 1.165) is 64.2 Å². The Balaban J connectivity index is 4.31. The molecule has 0 radical (unpaired) electrons. The smallest absolute Gasteiger partial charge is 0.462 e. The molecule has 0 saturated heterocycles. The average Bonchev–Trinajstić information content (AvgIpc) is 3.12. The van der Waals surface area contributed by atoms with Crippen LogP contribution in [0.15, 0.2) is 122 Å². The quantitative estimate of drug-likeness (QED) is 0.0201. The molecule has 0 saturated carbocycles. The molecule has 2 atom stereocenters. The molecule has 10 heteroatoms. The molecule has 0 aliphatic heterocycles. The number of allylic oxidation sites excluding steroid dienone is 18. The predicted molar refractivity (Wildman–Crippen MR) is 217 cm³/mol. The van der Waals surface area contributed by atoms with Crippen molar-refractivity contribution >= 4 is 19.8 Å². The van der Waals surface area contributed by atoms with Gasteiger partial charge >= 0.3 is 19.8 Å². The maximum atomic E-state index is 12.4. The van der Waals surface area contributed by atoms with Crippen LogP contribution in [0, 0.1) is 0 Å². The van der Waals surface area contributed by atoms with Gasteiger partial charge in [-0.3, -0.25) is 14.1 Å². The van der Waals surface area contributed by atoms with Crippen LogP contribution in [0.4, 0.5) is 0 Å². The second-order valence-corrected chi connectivity index (χ2v) is 13.2. The summed E-state index contributed by atoms with van der Waals surface area (Å²) in [5.74, 6) is -1.13. The number of aliphatic hydroxyl groups is 1. The molecule has 0 amide bonds. The van der Waals surface area contributed by atoms with Gasteiger partial charge in [0.05, 0.1) is 12.7 Å². The molecule has 0 aliphatic rings. The fourth-order valence-corrected chi connectivity index (χ4v) is 4.66. The van der Waals surface area contributed by atoms with Gasteiger partial charge in [0, 0.05) is 12.8 Å². The Morgan fingerprint density at radius 2 is 1.09 bits per heavy atom. The third kappa shape index (κ3) is 39.5. The third-order valence-electron chi connectivity index (χ3n) is 7.07. The zero-order valence-corrected chi connectivity index (χ0v) is 32.9. The first kappa shape index (κ1) is 49.4. The summed E-state index contributed by atoms with van der Waals surface area (Å²) in [6.45, 7) is 3.24. The van der Waals surface area contributed by atoms with Crippen molar-refractivity contribution in [1.82, 2.24) is 0 Å². The van der Waals surface area contributed by atoms with Crippen LogP contribution in [-0.4, -0.2) is 52.3 Å². The summed E-state index contributed by atoms with van der Waals surface area (Å²) in [6.07, 6.45) is 49.5. The molecule has 1 unspecified atom stereocenters. The molecular weight excluding hydrogens is 691 g/mol. The van der Waals surface area contributed by atoms with E-state index >= 15 is 0 Å². The van der Waals surface area contributed by atoms with Gasteiger partial charge in [0.1, 0.15) is 6.61 Å². The lowest BCUT2D eigenvalue weighted by Gasteiger charge is -2.18. The fourth-order valence-electron chi connectivity index (χ4n) is 4.29. The summed E-state index contributed by atoms with van der Waals surface area (Å²) in [4.78, 5) is 42.7. The monoisotopic (exact) mass is 756 g/mol. The molecule has 0 fully saturated rings. The summed E-state index contributed by atoms with van der Waals surface area (Å²) >= 11 is 0. The Hall–Kier alpha value is -3.59. The third-order valence-corrected chi connectivity index (χ3v) is 7.55. The first-order valence-electron chi connectivity index (χ1n) is 18.9. The van der Waals surface area contributed by atoms with Gasteiger partial charge < -0.3 is 24.4 Å². The molecule has 3 N–H and O–H groups in total. The summed E-state index contributed by atoms with van der Waals surface area (Å²) in [6, 6.07) is 0. The van der Waals surface area contributed by atoms with Gasteiger partial charge in [0.15, 0.2) is 6.10 Å². The average molecular weight is 757 g/mol. The summed E-state index contributed by atoms with van der Waals surface area (Å²) in [7, 11) is -4.82. The summed E-state index contributed by atoms with van der Waals surface area (Å²) in [5.41, 5.74) is 0. The number of hydrogen-bond donors (Lipinski definition) is 3. The van der Waals surface area contributed by atoms with Crippen molar-refractivity contribution < 1.29 is 43.0 Å². The highest BCUT2D eigenvalue weighted by atomic mass is 31.2. The number of carbonyl (C=O) groups is 2. The molecule has 0 aromatic carbocycles. The van der Waals surface area contributed by atoms with Crippen molar-refractivity contribution in [3.8, 4) is 0 Å². The molecular formula is C43H65O9P. The van der Waals surface area contributed by atoms with Crippen LogP contribution in [-0.2, 0) is 28.2 Å². The minimum atomic E-state index is -4.82. The number of hydrogen-bond acceptors (Lipinski definition) is 7. The van der Waals surface area contributed by atoms with Gasteiger partial charge in [0.2, 0.25) is 0 Å². The van der Waals surface area contributed by atoms with Crippen LogP contribution in [0.5, 0.6) is 0 Å². The van der Waals surface area contributed by atoms with Crippen molar-refractivity contribution in [3.63, 3.8) is 0 Å². The lowest BCUT2D eigenvalue weighted by molar-refractivity contribution is -0.161. The number of aliphatic hydroxyl groups excluding tert-OH is 1. The van der Waals surface area contributed by atoms with E-state index in [0.29, 0.717) is 19.3 Å². The summed E-state index contributed by atoms with van der Waals surface area (Å²) in [5, 5.41) is 10.1. The number of ether oxygens (including phenoxy) is 2. The van der Waals surface area contributed by atoms with Crippen LogP contribution in [0.25, 0.3) is 0 Å². The SMILES string of the molecule is CC/C=C\C/C=C\C/C=C\C/C=C\C=C/C(O)C/C=C\CCC(=O)O[C@H](COC(=O)CCCC/C=C\C/C=C\C/C=C\C/C=C\CC)COP(=O)(O)O. The number of rotatable bonds is 32. The van der Waals surface area contributed by atoms with E-state index in [1.807, 2.05) is 12.2 Å². The second kappa shape index (κ2) is 36.8. The number of carbonyl (C=O) groups excluding carboxylic acids is 2. The number of phosphoric acid groups is 1. The normalized spacial score (nSPS) is 14.4. The Morgan fingerprint density at radius 1 is 0.585 bits per heavy atom. The van der Waals surface area contributed by atoms with Crippen LogP contribution in [0.2, 0.25) is 0 Å². The van der Waals surface area contributed by atoms with Gasteiger partial charge in [-0.05, 0) is 83.5 Å². The van der Waals surface area contributed by atoms with Gasteiger partial charge in [-0.2, -0.15) is 0 Å². The zero-order chi connectivity index (χ0) is 39.1. The Bertz CT molecular complexity index is 1280. The maximum absolute atomic E-state index is 12.4. The molecule has 296 valence electrons. The molecule has 0 aliphatic carbocycles. The highest BCUT2D eigenvalue weighted by molar-refractivity contribution is 7.46. The van der Waals surface area contributed by atoms with Crippen molar-refractivity contribution in [3.05, 3.63) is 122 Å². The molecule has 0 heterocycles. The summed E-state index contributed by atoms with van der Waals surface area (Å²) < 4.78 is 26.1. The van der Waals surface area contributed by atoms with Crippen molar-refractivity contribution in [2.45, 2.75) is 122 Å². The molecule has 0 aromatic heterocycles. The Kier molecular flexibility index (Phi) is 34.3. The van der Waals surface area contributed by atoms with Crippen molar-refractivity contribution in [2.24, 2.45) is 0 Å². The second-order valence-electron chi connectivity index (χ2n) is 12.0. The molecule has 53 heavy (non-hydrogen) atoms. The van der Waals surface area contributed by atoms with E-state index in [1.54, 1.807) is 24.3 Å². The van der Waals surface area contributed by atoms with Crippen LogP contribution in [0.1, 0.15) is 110 Å².